The van der Waals surface area contributed by atoms with Crippen LogP contribution in [-0.2, 0) is 17.5 Å². The molecule has 1 N–H and O–H groups in total. The highest BCUT2D eigenvalue weighted by Crippen LogP contribution is 2.40. The number of para-hydroxylation sites is 1. The number of benzene rings is 3. The third kappa shape index (κ3) is 5.36. The van der Waals surface area contributed by atoms with Gasteiger partial charge >= 0.3 is 6.18 Å². The number of amides is 1. The number of halogens is 4. The molecule has 0 aliphatic carbocycles. The van der Waals surface area contributed by atoms with Crippen molar-refractivity contribution < 1.29 is 27.4 Å². The van der Waals surface area contributed by atoms with Crippen molar-refractivity contribution in [3.05, 3.63) is 94.1 Å². The summed E-state index contributed by atoms with van der Waals surface area (Å²) in [5.41, 5.74) is 2.24. The van der Waals surface area contributed by atoms with Crippen LogP contribution in [0.1, 0.15) is 34.6 Å². The van der Waals surface area contributed by atoms with Crippen molar-refractivity contribution in [2.45, 2.75) is 25.1 Å². The number of H-pyrrole nitrogens is 1. The lowest BCUT2D eigenvalue weighted by Crippen LogP contribution is -2.48. The van der Waals surface area contributed by atoms with Gasteiger partial charge in [-0.2, -0.15) is 13.2 Å². The highest BCUT2D eigenvalue weighted by Gasteiger charge is 2.35. The van der Waals surface area contributed by atoms with Crippen molar-refractivity contribution in [3.63, 3.8) is 0 Å². The standard InChI is InChI=1S/C30H27ClF3N3O3/c31-25-7-6-20(14-24(25)30(32,33)34)22(23-16-35-26-4-2-1-3-21(23)26)15-29(38)37-11-9-36(10-12-37)17-19-5-8-27-28(13-19)40-18-39-27/h1-8,13-14,16,22,35H,9-12,15,17-18H2. The molecule has 0 bridgehead atoms. The summed E-state index contributed by atoms with van der Waals surface area (Å²) in [6, 6.07) is 17.4. The van der Waals surface area contributed by atoms with Gasteiger partial charge in [-0.3, -0.25) is 9.69 Å². The number of hydrogen-bond donors (Lipinski definition) is 1. The third-order valence-electron chi connectivity index (χ3n) is 7.64. The number of carbonyl (C=O) groups is 1. The zero-order chi connectivity index (χ0) is 27.9. The molecule has 6 rings (SSSR count). The van der Waals surface area contributed by atoms with Gasteiger partial charge in [0.25, 0.3) is 0 Å². The van der Waals surface area contributed by atoms with Crippen LogP contribution in [0.3, 0.4) is 0 Å². The van der Waals surface area contributed by atoms with E-state index in [-0.39, 0.29) is 24.1 Å². The molecule has 3 heterocycles. The predicted molar refractivity (Wildman–Crippen MR) is 146 cm³/mol. The molecule has 2 aliphatic heterocycles. The molecule has 0 spiro atoms. The average Bonchev–Trinajstić information content (AvgIpc) is 3.59. The quantitative estimate of drug-likeness (QED) is 0.290. The molecule has 2 aliphatic rings. The van der Waals surface area contributed by atoms with E-state index in [1.807, 2.05) is 42.5 Å². The number of carbonyl (C=O) groups excluding carboxylic acids is 1. The lowest BCUT2D eigenvalue weighted by molar-refractivity contribution is -0.137. The number of aromatic amines is 1. The van der Waals surface area contributed by atoms with Crippen molar-refractivity contribution in [2.75, 3.05) is 33.0 Å². The van der Waals surface area contributed by atoms with Gasteiger partial charge in [-0.1, -0.05) is 41.9 Å². The Morgan fingerprint density at radius 2 is 1.75 bits per heavy atom. The highest BCUT2D eigenvalue weighted by atomic mass is 35.5. The smallest absolute Gasteiger partial charge is 0.417 e. The van der Waals surface area contributed by atoms with Crippen LogP contribution in [0.4, 0.5) is 13.2 Å². The maximum atomic E-state index is 13.7. The average molecular weight is 570 g/mol. The van der Waals surface area contributed by atoms with Crippen LogP contribution >= 0.6 is 11.6 Å². The van der Waals surface area contributed by atoms with Gasteiger partial charge in [0.1, 0.15) is 0 Å². The van der Waals surface area contributed by atoms with Crippen molar-refractivity contribution >= 4 is 28.4 Å². The molecular weight excluding hydrogens is 543 g/mol. The first-order chi connectivity index (χ1) is 19.3. The predicted octanol–water partition coefficient (Wildman–Crippen LogP) is 6.44. The van der Waals surface area contributed by atoms with Crippen molar-refractivity contribution in [1.29, 1.82) is 0 Å². The van der Waals surface area contributed by atoms with Gasteiger partial charge in [0.05, 0.1) is 10.6 Å². The number of rotatable bonds is 6. The summed E-state index contributed by atoms with van der Waals surface area (Å²) in [5, 5.41) is 0.510. The Labute approximate surface area is 234 Å². The SMILES string of the molecule is O=C(CC(c1ccc(Cl)c(C(F)(F)F)c1)c1c[nH]c2ccccc12)N1CCN(Cc2ccc3c(c2)OCO3)CC1. The number of fused-ring (bicyclic) bond motifs is 2. The lowest BCUT2D eigenvalue weighted by Gasteiger charge is -2.35. The van der Waals surface area contributed by atoms with E-state index < -0.39 is 17.7 Å². The topological polar surface area (TPSA) is 57.8 Å². The number of nitrogens with zero attached hydrogens (tertiary/aromatic N) is 2. The Morgan fingerprint density at radius 1 is 0.975 bits per heavy atom. The fourth-order valence-corrected chi connectivity index (χ4v) is 5.75. The number of ether oxygens (including phenoxy) is 2. The Morgan fingerprint density at radius 3 is 2.55 bits per heavy atom. The van der Waals surface area contributed by atoms with E-state index >= 15 is 0 Å². The summed E-state index contributed by atoms with van der Waals surface area (Å²) in [5.74, 6) is 0.813. The van der Waals surface area contributed by atoms with E-state index in [4.69, 9.17) is 21.1 Å². The summed E-state index contributed by atoms with van der Waals surface area (Å²) in [6.07, 6.45) is -2.77. The first kappa shape index (κ1) is 26.5. The van der Waals surface area contributed by atoms with Crippen LogP contribution in [0.25, 0.3) is 10.9 Å². The fourth-order valence-electron chi connectivity index (χ4n) is 5.52. The van der Waals surface area contributed by atoms with Crippen LogP contribution in [0, 0.1) is 0 Å². The van der Waals surface area contributed by atoms with Crippen LogP contribution in [0.2, 0.25) is 5.02 Å². The minimum Gasteiger partial charge on any atom is -0.454 e. The molecule has 0 saturated carbocycles. The molecule has 1 amide bonds. The zero-order valence-electron chi connectivity index (χ0n) is 21.5. The largest absolute Gasteiger partial charge is 0.454 e. The Bertz CT molecular complexity index is 1550. The normalized spacial score (nSPS) is 16.4. The van der Waals surface area contributed by atoms with E-state index in [2.05, 4.69) is 9.88 Å². The second kappa shape index (κ2) is 10.7. The maximum Gasteiger partial charge on any atom is 0.417 e. The molecule has 1 fully saturated rings. The molecule has 1 unspecified atom stereocenters. The molecule has 0 radical (unpaired) electrons. The van der Waals surface area contributed by atoms with Gasteiger partial charge in [0.2, 0.25) is 12.7 Å². The number of aromatic nitrogens is 1. The highest BCUT2D eigenvalue weighted by molar-refractivity contribution is 6.31. The Kier molecular flexibility index (Phi) is 7.10. The summed E-state index contributed by atoms with van der Waals surface area (Å²) in [7, 11) is 0. The second-order valence-corrected chi connectivity index (χ2v) is 10.5. The molecule has 3 aromatic carbocycles. The van der Waals surface area contributed by atoms with Gasteiger partial charge < -0.3 is 19.4 Å². The molecule has 40 heavy (non-hydrogen) atoms. The summed E-state index contributed by atoms with van der Waals surface area (Å²) >= 11 is 5.91. The van der Waals surface area contributed by atoms with Gasteiger partial charge in [0, 0.05) is 62.2 Å². The van der Waals surface area contributed by atoms with Crippen LogP contribution in [0.5, 0.6) is 11.5 Å². The molecule has 1 atom stereocenters. The van der Waals surface area contributed by atoms with Crippen LogP contribution in [-0.4, -0.2) is 53.7 Å². The minimum absolute atomic E-state index is 0.0446. The second-order valence-electron chi connectivity index (χ2n) is 10.1. The molecule has 1 saturated heterocycles. The van der Waals surface area contributed by atoms with Gasteiger partial charge in [-0.15, -0.1) is 0 Å². The van der Waals surface area contributed by atoms with Crippen LogP contribution in [0.15, 0.2) is 66.9 Å². The molecule has 1 aromatic heterocycles. The summed E-state index contributed by atoms with van der Waals surface area (Å²) in [4.78, 5) is 20.8. The summed E-state index contributed by atoms with van der Waals surface area (Å²) < 4.78 is 52.0. The van der Waals surface area contributed by atoms with Gasteiger partial charge in [-0.25, -0.2) is 0 Å². The van der Waals surface area contributed by atoms with Crippen molar-refractivity contribution in [2.24, 2.45) is 0 Å². The van der Waals surface area contributed by atoms with E-state index in [9.17, 15) is 18.0 Å². The zero-order valence-corrected chi connectivity index (χ0v) is 22.3. The number of nitrogens with one attached hydrogen (secondary N) is 1. The molecule has 4 aromatic rings. The first-order valence-corrected chi connectivity index (χ1v) is 13.5. The number of alkyl halides is 3. The van der Waals surface area contributed by atoms with Crippen LogP contribution < -0.4 is 9.47 Å². The third-order valence-corrected chi connectivity index (χ3v) is 7.97. The molecule has 6 nitrogen and oxygen atoms in total. The molecule has 208 valence electrons. The van der Waals surface area contributed by atoms with E-state index in [0.29, 0.717) is 31.7 Å². The molecule has 10 heteroatoms. The van der Waals surface area contributed by atoms with Gasteiger partial charge in [0.15, 0.2) is 11.5 Å². The van der Waals surface area contributed by atoms with Crippen molar-refractivity contribution in [3.8, 4) is 11.5 Å². The monoisotopic (exact) mass is 569 g/mol. The van der Waals surface area contributed by atoms with E-state index in [1.165, 1.54) is 6.07 Å². The lowest BCUT2D eigenvalue weighted by atomic mass is 9.87. The molecular formula is C30H27ClF3N3O3. The fraction of sp³-hybridized carbons (Fsp3) is 0.300. The van der Waals surface area contributed by atoms with Gasteiger partial charge in [-0.05, 0) is 47.0 Å². The Hall–Kier alpha value is -3.69. The summed E-state index contributed by atoms with van der Waals surface area (Å²) in [6.45, 7) is 3.42. The van der Waals surface area contributed by atoms with E-state index in [0.717, 1.165) is 46.1 Å². The number of hydrogen-bond acceptors (Lipinski definition) is 4. The Balaban J connectivity index is 1.20. The first-order valence-electron chi connectivity index (χ1n) is 13.1. The van der Waals surface area contributed by atoms with E-state index in [1.54, 1.807) is 17.2 Å². The maximum absolute atomic E-state index is 13.7. The van der Waals surface area contributed by atoms with Crippen molar-refractivity contribution in [1.82, 2.24) is 14.8 Å². The minimum atomic E-state index is -4.60. The number of piperazine rings is 1.